The molecule has 0 radical (unpaired) electrons. The van der Waals surface area contributed by atoms with Crippen LogP contribution in [0.3, 0.4) is 0 Å². The number of halogens is 3. The van der Waals surface area contributed by atoms with Gasteiger partial charge in [-0.25, -0.2) is 0 Å². The van der Waals surface area contributed by atoms with Crippen molar-refractivity contribution in [2.75, 3.05) is 6.61 Å². The van der Waals surface area contributed by atoms with Crippen molar-refractivity contribution >= 4 is 5.97 Å². The fourth-order valence-corrected chi connectivity index (χ4v) is 1.75. The first-order valence-corrected chi connectivity index (χ1v) is 5.82. The highest BCUT2D eigenvalue weighted by Gasteiger charge is 2.34. The van der Waals surface area contributed by atoms with Gasteiger partial charge in [0.15, 0.2) is 0 Å². The van der Waals surface area contributed by atoms with Gasteiger partial charge >= 0.3 is 12.1 Å². The van der Waals surface area contributed by atoms with E-state index in [-0.39, 0.29) is 36.3 Å². The van der Waals surface area contributed by atoms with Gasteiger partial charge in [0.25, 0.3) is 0 Å². The lowest BCUT2D eigenvalue weighted by molar-refractivity contribution is -0.142. The van der Waals surface area contributed by atoms with E-state index in [0.29, 0.717) is 0 Å². The summed E-state index contributed by atoms with van der Waals surface area (Å²) in [5.41, 5.74) is 4.16. The smallest absolute Gasteiger partial charge is 0.416 e. The molecule has 0 amide bonds. The molecular formula is C13H13F3N2O2. The molecule has 0 atom stereocenters. The molecule has 0 unspecified atom stereocenters. The van der Waals surface area contributed by atoms with Crippen LogP contribution in [0.1, 0.15) is 29.2 Å². The minimum absolute atomic E-state index is 0.157. The molecule has 20 heavy (non-hydrogen) atoms. The molecular weight excluding hydrogens is 273 g/mol. The van der Waals surface area contributed by atoms with Gasteiger partial charge in [0, 0.05) is 6.54 Å². The standard InChI is InChI=1S/C13H13F3N2O2/c1-2-20-12(19)5-8-3-10(7-18)11(13(14,15)16)4-9(8)6-17/h3-4H,2,5,7,18H2,1H3. The highest BCUT2D eigenvalue weighted by Crippen LogP contribution is 2.33. The van der Waals surface area contributed by atoms with Gasteiger partial charge in [0.1, 0.15) is 0 Å². The molecule has 7 heteroatoms. The summed E-state index contributed by atoms with van der Waals surface area (Å²) < 4.78 is 43.1. The van der Waals surface area contributed by atoms with Crippen molar-refractivity contribution in [2.24, 2.45) is 5.73 Å². The molecule has 0 aliphatic carbocycles. The maximum atomic E-state index is 12.8. The molecule has 0 aliphatic heterocycles. The lowest BCUT2D eigenvalue weighted by Crippen LogP contribution is -2.15. The predicted octanol–water partition coefficient (Wildman–Crippen LogP) is 2.14. The third-order valence-corrected chi connectivity index (χ3v) is 2.61. The average molecular weight is 286 g/mol. The molecule has 0 fully saturated rings. The highest BCUT2D eigenvalue weighted by molar-refractivity contribution is 5.73. The van der Waals surface area contributed by atoms with Crippen molar-refractivity contribution < 1.29 is 22.7 Å². The highest BCUT2D eigenvalue weighted by atomic mass is 19.4. The number of carbonyl (C=O) groups is 1. The predicted molar refractivity (Wildman–Crippen MR) is 64.4 cm³/mol. The maximum Gasteiger partial charge on any atom is 0.416 e. The van der Waals surface area contributed by atoms with E-state index in [1.165, 1.54) is 0 Å². The van der Waals surface area contributed by atoms with Crippen molar-refractivity contribution in [3.05, 3.63) is 34.4 Å². The van der Waals surface area contributed by atoms with Gasteiger partial charge < -0.3 is 10.5 Å². The Morgan fingerprint density at radius 1 is 1.40 bits per heavy atom. The van der Waals surface area contributed by atoms with Crippen LogP contribution in [0.15, 0.2) is 12.1 Å². The van der Waals surface area contributed by atoms with E-state index in [2.05, 4.69) is 0 Å². The number of hydrogen-bond acceptors (Lipinski definition) is 4. The van der Waals surface area contributed by atoms with E-state index in [1.54, 1.807) is 13.0 Å². The molecule has 2 N–H and O–H groups in total. The van der Waals surface area contributed by atoms with Gasteiger partial charge in [-0.15, -0.1) is 0 Å². The second kappa shape index (κ2) is 6.39. The number of hydrogen-bond donors (Lipinski definition) is 1. The quantitative estimate of drug-likeness (QED) is 0.860. The summed E-state index contributed by atoms with van der Waals surface area (Å²) in [5, 5.41) is 8.91. The van der Waals surface area contributed by atoms with E-state index < -0.39 is 17.7 Å². The summed E-state index contributed by atoms with van der Waals surface area (Å²) in [7, 11) is 0. The van der Waals surface area contributed by atoms with Crippen molar-refractivity contribution in [1.82, 2.24) is 0 Å². The summed E-state index contributed by atoms with van der Waals surface area (Å²) in [4.78, 5) is 11.4. The molecule has 0 bridgehead atoms. The molecule has 1 aromatic rings. The summed E-state index contributed by atoms with van der Waals surface area (Å²) in [6.07, 6.45) is -4.86. The Balaban J connectivity index is 3.27. The van der Waals surface area contributed by atoms with Gasteiger partial charge in [0.05, 0.1) is 30.2 Å². The number of carbonyl (C=O) groups excluding carboxylic acids is 1. The maximum absolute atomic E-state index is 12.8. The number of nitriles is 1. The summed E-state index contributed by atoms with van der Waals surface area (Å²) in [6.45, 7) is 1.43. The summed E-state index contributed by atoms with van der Waals surface area (Å²) in [6, 6.07) is 3.51. The Bertz CT molecular complexity index is 548. The zero-order valence-corrected chi connectivity index (χ0v) is 10.8. The van der Waals surface area contributed by atoms with Crippen LogP contribution in [-0.4, -0.2) is 12.6 Å². The average Bonchev–Trinajstić information content (AvgIpc) is 2.37. The second-order valence-electron chi connectivity index (χ2n) is 3.96. The van der Waals surface area contributed by atoms with E-state index >= 15 is 0 Å². The summed E-state index contributed by atoms with van der Waals surface area (Å²) in [5.74, 6) is -0.605. The Hall–Kier alpha value is -2.07. The number of esters is 1. The van der Waals surface area contributed by atoms with Crippen LogP contribution in [0.5, 0.6) is 0 Å². The molecule has 0 aromatic heterocycles. The normalized spacial score (nSPS) is 11.0. The monoisotopic (exact) mass is 286 g/mol. The second-order valence-corrected chi connectivity index (χ2v) is 3.96. The van der Waals surface area contributed by atoms with Crippen molar-refractivity contribution in [3.63, 3.8) is 0 Å². The number of nitrogens with two attached hydrogens (primary N) is 1. The minimum atomic E-state index is -4.59. The molecule has 4 nitrogen and oxygen atoms in total. The van der Waals surface area contributed by atoms with Crippen molar-refractivity contribution in [2.45, 2.75) is 26.1 Å². The first kappa shape index (κ1) is 16.0. The first-order valence-electron chi connectivity index (χ1n) is 5.82. The number of benzene rings is 1. The molecule has 1 rings (SSSR count). The van der Waals surface area contributed by atoms with Crippen LogP contribution in [0.4, 0.5) is 13.2 Å². The van der Waals surface area contributed by atoms with Crippen LogP contribution in [-0.2, 0) is 28.7 Å². The molecule has 108 valence electrons. The lowest BCUT2D eigenvalue weighted by Gasteiger charge is -2.14. The van der Waals surface area contributed by atoms with Crippen LogP contribution in [0, 0.1) is 11.3 Å². The largest absolute Gasteiger partial charge is 0.466 e. The zero-order valence-electron chi connectivity index (χ0n) is 10.8. The van der Waals surface area contributed by atoms with Gasteiger partial charge in [-0.2, -0.15) is 18.4 Å². The van der Waals surface area contributed by atoms with E-state index in [9.17, 15) is 18.0 Å². The number of ether oxygens (including phenoxy) is 1. The molecule has 1 aromatic carbocycles. The van der Waals surface area contributed by atoms with Crippen molar-refractivity contribution in [1.29, 1.82) is 5.26 Å². The van der Waals surface area contributed by atoms with Gasteiger partial charge in [0.2, 0.25) is 0 Å². The first-order chi connectivity index (χ1) is 9.33. The molecule has 0 saturated heterocycles. The molecule has 0 aliphatic rings. The zero-order chi connectivity index (χ0) is 15.3. The van der Waals surface area contributed by atoms with Gasteiger partial charge in [-0.1, -0.05) is 6.07 Å². The van der Waals surface area contributed by atoms with E-state index in [0.717, 1.165) is 12.1 Å². The summed E-state index contributed by atoms with van der Waals surface area (Å²) >= 11 is 0. The van der Waals surface area contributed by atoms with E-state index in [1.807, 2.05) is 0 Å². The van der Waals surface area contributed by atoms with Crippen LogP contribution < -0.4 is 5.73 Å². The van der Waals surface area contributed by atoms with Gasteiger partial charge in [-0.3, -0.25) is 4.79 Å². The van der Waals surface area contributed by atoms with Crippen LogP contribution in [0.25, 0.3) is 0 Å². The number of nitrogens with zero attached hydrogens (tertiary/aromatic N) is 1. The number of alkyl halides is 3. The van der Waals surface area contributed by atoms with E-state index in [4.69, 9.17) is 15.7 Å². The van der Waals surface area contributed by atoms with Gasteiger partial charge in [-0.05, 0) is 24.1 Å². The Kier molecular flexibility index (Phi) is 5.11. The third kappa shape index (κ3) is 3.71. The SMILES string of the molecule is CCOC(=O)Cc1cc(CN)c(C(F)(F)F)cc1C#N. The number of rotatable bonds is 4. The van der Waals surface area contributed by atoms with Crippen LogP contribution in [0.2, 0.25) is 0 Å². The van der Waals surface area contributed by atoms with Crippen molar-refractivity contribution in [3.8, 4) is 6.07 Å². The molecule has 0 spiro atoms. The molecule has 0 heterocycles. The third-order valence-electron chi connectivity index (χ3n) is 2.61. The fraction of sp³-hybridized carbons (Fsp3) is 0.385. The Morgan fingerprint density at radius 3 is 2.50 bits per heavy atom. The Labute approximate surface area is 113 Å². The minimum Gasteiger partial charge on any atom is -0.466 e. The Morgan fingerprint density at radius 2 is 2.05 bits per heavy atom. The molecule has 0 saturated carbocycles. The fourth-order valence-electron chi connectivity index (χ4n) is 1.75. The van der Waals surface area contributed by atoms with Crippen LogP contribution >= 0.6 is 0 Å². The topological polar surface area (TPSA) is 76.1 Å². The lowest BCUT2D eigenvalue weighted by atomic mass is 9.96.